The van der Waals surface area contributed by atoms with Gasteiger partial charge in [-0.3, -0.25) is 9.59 Å². The summed E-state index contributed by atoms with van der Waals surface area (Å²) in [5.41, 5.74) is 5.80. The Morgan fingerprint density at radius 2 is 1.18 bits per heavy atom. The van der Waals surface area contributed by atoms with E-state index in [0.29, 0.717) is 11.0 Å². The molecular weight excluding hydrogens is 486 g/mol. The number of aromatic hydroxyl groups is 1. The van der Waals surface area contributed by atoms with Gasteiger partial charge in [0.2, 0.25) is 0 Å². The van der Waals surface area contributed by atoms with Crippen LogP contribution in [0.15, 0.2) is 18.2 Å². The lowest BCUT2D eigenvalue weighted by atomic mass is 9.83. The topological polar surface area (TPSA) is 89.6 Å². The maximum Gasteiger partial charge on any atom is 0.317 e. The van der Waals surface area contributed by atoms with E-state index in [2.05, 4.69) is 20.8 Å². The molecule has 5 heteroatoms. The van der Waals surface area contributed by atoms with E-state index in [9.17, 15) is 14.7 Å². The van der Waals surface area contributed by atoms with Crippen LogP contribution in [0.1, 0.15) is 156 Å². The van der Waals surface area contributed by atoms with Crippen molar-refractivity contribution in [3.63, 3.8) is 0 Å². The number of phenols is 1. The van der Waals surface area contributed by atoms with Crippen molar-refractivity contribution in [2.45, 2.75) is 151 Å². The Morgan fingerprint density at radius 3 is 1.59 bits per heavy atom. The Morgan fingerprint density at radius 1 is 0.744 bits per heavy atom. The smallest absolute Gasteiger partial charge is 0.317 e. The number of ketones is 1. The van der Waals surface area contributed by atoms with Gasteiger partial charge in [0.1, 0.15) is 0 Å². The zero-order valence-corrected chi connectivity index (χ0v) is 26.5. The van der Waals surface area contributed by atoms with E-state index in [4.69, 9.17) is 10.5 Å². The van der Waals surface area contributed by atoms with E-state index in [1.807, 2.05) is 34.6 Å². The summed E-state index contributed by atoms with van der Waals surface area (Å²) in [6, 6.07) is 3.66. The monoisotopic (exact) mass is 545 g/mol. The summed E-state index contributed by atoms with van der Waals surface area (Å²) in [6.45, 7) is 16.4. The summed E-state index contributed by atoms with van der Waals surface area (Å²) in [5.74, 6) is -0.787. The number of nitrogens with two attached hydrogens (primary N) is 1. The molecular formula is C34H59NO4. The fourth-order valence-electron chi connectivity index (χ4n) is 4.66. The van der Waals surface area contributed by atoms with Gasteiger partial charge in [0.15, 0.2) is 17.3 Å². The molecule has 0 saturated heterocycles. The molecule has 0 aliphatic heterocycles. The van der Waals surface area contributed by atoms with Crippen molar-refractivity contribution >= 4 is 11.8 Å². The van der Waals surface area contributed by atoms with E-state index in [1.54, 1.807) is 6.07 Å². The molecule has 0 heterocycles. The van der Waals surface area contributed by atoms with Crippen molar-refractivity contribution < 1.29 is 19.4 Å². The minimum Gasteiger partial charge on any atom is -0.504 e. The third-order valence-corrected chi connectivity index (χ3v) is 7.69. The number of ether oxygens (including phenoxy) is 1. The lowest BCUT2D eigenvalue weighted by Gasteiger charge is -2.26. The molecule has 0 bridgehead atoms. The van der Waals surface area contributed by atoms with Crippen molar-refractivity contribution in [3.8, 4) is 11.5 Å². The van der Waals surface area contributed by atoms with Crippen molar-refractivity contribution in [1.82, 2.24) is 0 Å². The lowest BCUT2D eigenvalue weighted by Crippen LogP contribution is -2.42. The lowest BCUT2D eigenvalue weighted by molar-refractivity contribution is -0.144. The second-order valence-electron chi connectivity index (χ2n) is 14.5. The molecule has 0 amide bonds. The number of Topliss-reactive ketones (excluding diaryl/α,β-unsaturated/α-hetero) is 1. The standard InChI is InChI=1S/C34H59NO4/c1-32(2,3)23-19-17-15-13-11-9-10-12-14-16-18-20-24-34(7,8)31(38)39-28-22-21-26(25-27(28)36)29(37)30(35)33(4,5)6/h21-22,25,30,36H,9-20,23-24,35H2,1-8H3. The van der Waals surface area contributed by atoms with Crippen LogP contribution >= 0.6 is 0 Å². The molecule has 0 spiro atoms. The van der Waals surface area contributed by atoms with Crippen LogP contribution in [-0.4, -0.2) is 22.9 Å². The van der Waals surface area contributed by atoms with Crippen LogP contribution < -0.4 is 10.5 Å². The number of hydrogen-bond donors (Lipinski definition) is 2. The molecule has 0 aliphatic rings. The number of carbonyl (C=O) groups excluding carboxylic acids is 2. The Bertz CT molecular complexity index is 876. The molecule has 0 aromatic heterocycles. The van der Waals surface area contributed by atoms with Crippen molar-refractivity contribution in [2.75, 3.05) is 0 Å². The molecule has 1 unspecified atom stereocenters. The van der Waals surface area contributed by atoms with E-state index in [0.717, 1.165) is 19.3 Å². The second kappa shape index (κ2) is 16.4. The van der Waals surface area contributed by atoms with Crippen LogP contribution in [0.2, 0.25) is 0 Å². The molecule has 0 aliphatic carbocycles. The highest BCUT2D eigenvalue weighted by molar-refractivity contribution is 6.01. The molecule has 0 radical (unpaired) electrons. The average Bonchev–Trinajstić information content (AvgIpc) is 2.83. The van der Waals surface area contributed by atoms with Gasteiger partial charge in [-0.25, -0.2) is 0 Å². The Hall–Kier alpha value is -1.88. The van der Waals surface area contributed by atoms with Crippen molar-refractivity contribution in [1.29, 1.82) is 0 Å². The molecule has 1 aromatic carbocycles. The number of phenolic OH excluding ortho intramolecular Hbond substituents is 1. The van der Waals surface area contributed by atoms with E-state index >= 15 is 0 Å². The molecule has 39 heavy (non-hydrogen) atoms. The summed E-state index contributed by atoms with van der Waals surface area (Å²) >= 11 is 0. The summed E-state index contributed by atoms with van der Waals surface area (Å²) in [4.78, 5) is 25.4. The number of esters is 1. The van der Waals surface area contributed by atoms with Gasteiger partial charge in [-0.05, 0) is 55.7 Å². The normalized spacial score (nSPS) is 13.4. The zero-order chi connectivity index (χ0) is 29.7. The zero-order valence-electron chi connectivity index (χ0n) is 26.5. The van der Waals surface area contributed by atoms with E-state index < -0.39 is 16.9 Å². The van der Waals surface area contributed by atoms with Crippen LogP contribution in [0, 0.1) is 16.2 Å². The summed E-state index contributed by atoms with van der Waals surface area (Å²) in [5, 5.41) is 10.4. The molecule has 1 rings (SSSR count). The highest BCUT2D eigenvalue weighted by atomic mass is 16.5. The fourth-order valence-corrected chi connectivity index (χ4v) is 4.66. The highest BCUT2D eigenvalue weighted by Gasteiger charge is 2.31. The Labute approximate surface area is 239 Å². The first-order valence-electron chi connectivity index (χ1n) is 15.4. The molecule has 1 atom stereocenters. The van der Waals surface area contributed by atoms with Crippen LogP contribution in [0.3, 0.4) is 0 Å². The number of unbranched alkanes of at least 4 members (excludes halogenated alkanes) is 11. The summed E-state index contributed by atoms with van der Waals surface area (Å²) < 4.78 is 5.52. The van der Waals surface area contributed by atoms with Crippen LogP contribution in [0.4, 0.5) is 0 Å². The van der Waals surface area contributed by atoms with Gasteiger partial charge in [-0.15, -0.1) is 0 Å². The molecule has 3 N–H and O–H groups in total. The van der Waals surface area contributed by atoms with Crippen molar-refractivity contribution in [3.05, 3.63) is 23.8 Å². The molecule has 0 fully saturated rings. The Balaban J connectivity index is 2.25. The minimum atomic E-state index is -0.692. The van der Waals surface area contributed by atoms with Gasteiger partial charge in [0.05, 0.1) is 11.5 Å². The SMILES string of the molecule is CC(C)(C)CCCCCCCCCCCCCCC(C)(C)C(=O)Oc1ccc(C(=O)C(N)C(C)(C)C)cc1O. The first-order valence-corrected chi connectivity index (χ1v) is 15.4. The highest BCUT2D eigenvalue weighted by Crippen LogP contribution is 2.33. The maximum atomic E-state index is 12.8. The Kier molecular flexibility index (Phi) is 14.8. The fraction of sp³-hybridized carbons (Fsp3) is 0.765. The van der Waals surface area contributed by atoms with E-state index in [-0.39, 0.29) is 23.3 Å². The molecule has 224 valence electrons. The van der Waals surface area contributed by atoms with Crippen LogP contribution in [0.5, 0.6) is 11.5 Å². The number of rotatable bonds is 18. The maximum absolute atomic E-state index is 12.8. The minimum absolute atomic E-state index is 0.0684. The first-order chi connectivity index (χ1) is 18.0. The van der Waals surface area contributed by atoms with Gasteiger partial charge in [-0.1, -0.05) is 119 Å². The number of benzene rings is 1. The largest absolute Gasteiger partial charge is 0.504 e. The summed E-state index contributed by atoms with van der Waals surface area (Å²) in [7, 11) is 0. The molecule has 1 aromatic rings. The summed E-state index contributed by atoms with van der Waals surface area (Å²) in [6.07, 6.45) is 17.5. The second-order valence-corrected chi connectivity index (χ2v) is 14.5. The van der Waals surface area contributed by atoms with Crippen LogP contribution in [0.25, 0.3) is 0 Å². The van der Waals surface area contributed by atoms with Gasteiger partial charge < -0.3 is 15.6 Å². The molecule has 5 nitrogen and oxygen atoms in total. The van der Waals surface area contributed by atoms with Gasteiger partial charge in [-0.2, -0.15) is 0 Å². The van der Waals surface area contributed by atoms with Crippen molar-refractivity contribution in [2.24, 2.45) is 22.0 Å². The van der Waals surface area contributed by atoms with Gasteiger partial charge in [0, 0.05) is 5.56 Å². The molecule has 0 saturated carbocycles. The quantitative estimate of drug-likeness (QED) is 0.0830. The van der Waals surface area contributed by atoms with Crippen LogP contribution in [-0.2, 0) is 4.79 Å². The number of hydrogen-bond acceptors (Lipinski definition) is 5. The number of carbonyl (C=O) groups is 2. The first kappa shape index (κ1) is 35.1. The predicted molar refractivity (Wildman–Crippen MR) is 163 cm³/mol. The van der Waals surface area contributed by atoms with Gasteiger partial charge >= 0.3 is 5.97 Å². The predicted octanol–water partition coefficient (Wildman–Crippen LogP) is 9.39. The van der Waals surface area contributed by atoms with E-state index in [1.165, 1.54) is 82.8 Å². The average molecular weight is 546 g/mol. The van der Waals surface area contributed by atoms with Gasteiger partial charge in [0.25, 0.3) is 0 Å². The third-order valence-electron chi connectivity index (χ3n) is 7.69. The third kappa shape index (κ3) is 14.4.